The van der Waals surface area contributed by atoms with Crippen LogP contribution in [0.5, 0.6) is 0 Å². The van der Waals surface area contributed by atoms with Crippen molar-refractivity contribution in [1.29, 1.82) is 0 Å². The molecule has 1 aliphatic heterocycles. The molecule has 22 heavy (non-hydrogen) atoms. The minimum atomic E-state index is 0.432. The topological polar surface area (TPSA) is 51.0 Å². The fourth-order valence-electron chi connectivity index (χ4n) is 3.64. The fraction of sp³-hybridized carbons (Fsp3) is 0.444. The quantitative estimate of drug-likeness (QED) is 0.906. The Kier molecular flexibility index (Phi) is 3.45. The maximum Gasteiger partial charge on any atom is 0.230 e. The van der Waals surface area contributed by atoms with Gasteiger partial charge in [-0.1, -0.05) is 43.1 Å². The Bertz CT molecular complexity index is 704. The van der Waals surface area contributed by atoms with Crippen molar-refractivity contribution in [1.82, 2.24) is 15.5 Å². The highest BCUT2D eigenvalue weighted by Gasteiger charge is 2.26. The second kappa shape index (κ2) is 5.59. The molecule has 2 unspecified atom stereocenters. The number of hydrogen-bond acceptors (Lipinski definition) is 4. The lowest BCUT2D eigenvalue weighted by atomic mass is 9.82. The zero-order valence-electron chi connectivity index (χ0n) is 12.9. The van der Waals surface area contributed by atoms with Crippen molar-refractivity contribution in [3.05, 3.63) is 41.4 Å². The van der Waals surface area contributed by atoms with Crippen LogP contribution in [-0.2, 0) is 6.54 Å². The Hall–Kier alpha value is -2.10. The van der Waals surface area contributed by atoms with E-state index in [4.69, 9.17) is 9.51 Å². The third-order valence-corrected chi connectivity index (χ3v) is 4.83. The van der Waals surface area contributed by atoms with E-state index in [0.29, 0.717) is 5.92 Å². The highest BCUT2D eigenvalue weighted by atomic mass is 16.5. The molecule has 0 amide bonds. The Morgan fingerprint density at radius 2 is 2.23 bits per heavy atom. The molecule has 114 valence electrons. The molecule has 2 aromatic rings. The van der Waals surface area contributed by atoms with Crippen molar-refractivity contribution >= 4 is 6.08 Å². The molecule has 1 aliphatic carbocycles. The second-order valence-electron chi connectivity index (χ2n) is 6.52. The molecule has 1 aromatic heterocycles. The minimum absolute atomic E-state index is 0.432. The number of nitrogens with one attached hydrogen (secondary N) is 1. The summed E-state index contributed by atoms with van der Waals surface area (Å²) in [5, 5.41) is 7.49. The summed E-state index contributed by atoms with van der Waals surface area (Å²) < 4.78 is 5.60. The van der Waals surface area contributed by atoms with Gasteiger partial charge in [0.15, 0.2) is 0 Å². The van der Waals surface area contributed by atoms with Crippen LogP contribution >= 0.6 is 0 Å². The van der Waals surface area contributed by atoms with Crippen LogP contribution in [0.15, 0.2) is 28.9 Å². The maximum atomic E-state index is 5.60. The van der Waals surface area contributed by atoms with Gasteiger partial charge in [0.1, 0.15) is 0 Å². The van der Waals surface area contributed by atoms with Gasteiger partial charge in [0.25, 0.3) is 0 Å². The molecular weight excluding hydrogens is 274 g/mol. The highest BCUT2D eigenvalue weighted by molar-refractivity contribution is 5.74. The molecule has 1 saturated carbocycles. The van der Waals surface area contributed by atoms with Crippen LogP contribution in [0.25, 0.3) is 17.5 Å². The SMILES string of the molecule is CC1CCCC(c2nc(-c3cccc4c3C=CNC4)no2)C1. The standard InChI is InChI=1S/C18H21N3O/c1-12-4-2-5-13(10-12)18-20-17(21-22-18)16-7-3-6-14-11-19-9-8-15(14)16/h3,6-9,12-13,19H,2,4-5,10-11H2,1H3. The molecule has 1 N–H and O–H groups in total. The van der Waals surface area contributed by atoms with E-state index in [1.165, 1.54) is 36.8 Å². The van der Waals surface area contributed by atoms with E-state index in [9.17, 15) is 0 Å². The number of hydrogen-bond donors (Lipinski definition) is 1. The molecule has 4 rings (SSSR count). The first-order chi connectivity index (χ1) is 10.8. The maximum absolute atomic E-state index is 5.60. The normalized spacial score (nSPS) is 23.9. The molecule has 0 bridgehead atoms. The predicted molar refractivity (Wildman–Crippen MR) is 86.0 cm³/mol. The molecule has 0 radical (unpaired) electrons. The van der Waals surface area contributed by atoms with Gasteiger partial charge in [0.2, 0.25) is 11.7 Å². The molecule has 0 spiro atoms. The minimum Gasteiger partial charge on any atom is -0.387 e. The van der Waals surface area contributed by atoms with Crippen LogP contribution in [-0.4, -0.2) is 10.1 Å². The van der Waals surface area contributed by atoms with E-state index in [1.54, 1.807) is 0 Å². The summed E-state index contributed by atoms with van der Waals surface area (Å²) in [6, 6.07) is 6.28. The lowest BCUT2D eigenvalue weighted by Crippen LogP contribution is -2.12. The Balaban J connectivity index is 1.66. The van der Waals surface area contributed by atoms with E-state index in [-0.39, 0.29) is 0 Å². The Morgan fingerprint density at radius 3 is 3.14 bits per heavy atom. The summed E-state index contributed by atoms with van der Waals surface area (Å²) in [7, 11) is 0. The zero-order valence-corrected chi connectivity index (χ0v) is 12.9. The fourth-order valence-corrected chi connectivity index (χ4v) is 3.64. The molecule has 0 saturated heterocycles. The molecular formula is C18H21N3O. The molecule has 1 aromatic carbocycles. The largest absolute Gasteiger partial charge is 0.387 e. The van der Waals surface area contributed by atoms with Gasteiger partial charge >= 0.3 is 0 Å². The predicted octanol–water partition coefficient (Wildman–Crippen LogP) is 4.10. The van der Waals surface area contributed by atoms with Gasteiger partial charge in [-0.05, 0) is 42.2 Å². The van der Waals surface area contributed by atoms with E-state index in [1.807, 2.05) is 6.20 Å². The lowest BCUT2D eigenvalue weighted by Gasteiger charge is -2.23. The summed E-state index contributed by atoms with van der Waals surface area (Å²) in [4.78, 5) is 4.71. The third kappa shape index (κ3) is 2.43. The average molecular weight is 295 g/mol. The lowest BCUT2D eigenvalue weighted by molar-refractivity contribution is 0.276. The number of benzene rings is 1. The number of aromatic nitrogens is 2. The monoisotopic (exact) mass is 295 g/mol. The first-order valence-electron chi connectivity index (χ1n) is 8.17. The van der Waals surface area contributed by atoms with Crippen molar-refractivity contribution in [3.8, 4) is 11.4 Å². The van der Waals surface area contributed by atoms with Gasteiger partial charge in [0, 0.05) is 18.0 Å². The Morgan fingerprint density at radius 1 is 1.27 bits per heavy atom. The van der Waals surface area contributed by atoms with Crippen LogP contribution in [0.2, 0.25) is 0 Å². The van der Waals surface area contributed by atoms with Crippen molar-refractivity contribution in [2.75, 3.05) is 0 Å². The molecule has 2 aliphatic rings. The van der Waals surface area contributed by atoms with Crippen molar-refractivity contribution in [3.63, 3.8) is 0 Å². The summed E-state index contributed by atoms with van der Waals surface area (Å²) in [5.74, 6) is 2.73. The molecule has 4 heteroatoms. The van der Waals surface area contributed by atoms with Gasteiger partial charge in [-0.25, -0.2) is 0 Å². The smallest absolute Gasteiger partial charge is 0.230 e. The van der Waals surface area contributed by atoms with Gasteiger partial charge in [-0.2, -0.15) is 4.98 Å². The summed E-state index contributed by atoms with van der Waals surface area (Å²) >= 11 is 0. The van der Waals surface area contributed by atoms with Gasteiger partial charge in [-0.3, -0.25) is 0 Å². The summed E-state index contributed by atoms with van der Waals surface area (Å²) in [6.07, 6.45) is 8.99. The van der Waals surface area contributed by atoms with Gasteiger partial charge in [-0.15, -0.1) is 0 Å². The molecule has 2 heterocycles. The van der Waals surface area contributed by atoms with Gasteiger partial charge < -0.3 is 9.84 Å². The number of fused-ring (bicyclic) bond motifs is 1. The van der Waals surface area contributed by atoms with Crippen LogP contribution in [0.3, 0.4) is 0 Å². The van der Waals surface area contributed by atoms with Crippen LogP contribution in [0, 0.1) is 5.92 Å². The highest BCUT2D eigenvalue weighted by Crippen LogP contribution is 2.36. The molecule has 2 atom stereocenters. The molecule has 4 nitrogen and oxygen atoms in total. The number of nitrogens with zero attached hydrogens (tertiary/aromatic N) is 2. The summed E-state index contributed by atoms with van der Waals surface area (Å²) in [6.45, 7) is 3.17. The molecule has 1 fully saturated rings. The van der Waals surface area contributed by atoms with E-state index >= 15 is 0 Å². The Labute approximate surface area is 130 Å². The van der Waals surface area contributed by atoms with E-state index < -0.39 is 0 Å². The summed E-state index contributed by atoms with van der Waals surface area (Å²) in [5.41, 5.74) is 3.54. The van der Waals surface area contributed by atoms with Crippen LogP contribution in [0.4, 0.5) is 0 Å². The van der Waals surface area contributed by atoms with Crippen LogP contribution in [0.1, 0.15) is 55.5 Å². The first-order valence-corrected chi connectivity index (χ1v) is 8.17. The number of rotatable bonds is 2. The van der Waals surface area contributed by atoms with Crippen LogP contribution < -0.4 is 5.32 Å². The average Bonchev–Trinajstić information content (AvgIpc) is 3.04. The van der Waals surface area contributed by atoms with Crippen molar-refractivity contribution < 1.29 is 4.52 Å². The second-order valence-corrected chi connectivity index (χ2v) is 6.52. The zero-order chi connectivity index (χ0) is 14.9. The van der Waals surface area contributed by atoms with Gasteiger partial charge in [0.05, 0.1) is 0 Å². The van der Waals surface area contributed by atoms with Crippen molar-refractivity contribution in [2.45, 2.75) is 45.1 Å². The van der Waals surface area contributed by atoms with Crippen molar-refractivity contribution in [2.24, 2.45) is 5.92 Å². The van der Waals surface area contributed by atoms with E-state index in [2.05, 4.69) is 41.7 Å². The third-order valence-electron chi connectivity index (χ3n) is 4.83. The van der Waals surface area contributed by atoms with E-state index in [0.717, 1.165) is 29.7 Å². The first kappa shape index (κ1) is 13.6.